The first-order valence-electron chi connectivity index (χ1n) is 4.55. The van der Waals surface area contributed by atoms with E-state index in [0.717, 1.165) is 18.4 Å². The van der Waals surface area contributed by atoms with E-state index in [1.165, 1.54) is 0 Å². The summed E-state index contributed by atoms with van der Waals surface area (Å²) in [7, 11) is 0. The van der Waals surface area contributed by atoms with E-state index >= 15 is 0 Å². The highest BCUT2D eigenvalue weighted by Gasteiger charge is 2.09. The molecule has 0 saturated carbocycles. The van der Waals surface area contributed by atoms with Gasteiger partial charge in [-0.1, -0.05) is 29.3 Å². The molecule has 0 spiro atoms. The standard InChI is InChI=1S/C10H14Cl2N2.ClH/c11-7-3-4-8(9(12)6-7)10(14)2-1-5-13;/h3-4,6,10H,1-2,5,13-14H2;1H/t10-;/m0./s1. The number of nitrogens with two attached hydrogens (primary N) is 2. The van der Waals surface area contributed by atoms with E-state index in [1.807, 2.05) is 6.07 Å². The fourth-order valence-corrected chi connectivity index (χ4v) is 1.84. The SMILES string of the molecule is Cl.NCCC[C@H](N)c1ccc(Cl)cc1Cl. The predicted molar refractivity (Wildman–Crippen MR) is 68.9 cm³/mol. The summed E-state index contributed by atoms with van der Waals surface area (Å²) in [5.41, 5.74) is 12.3. The second-order valence-corrected chi connectivity index (χ2v) is 4.05. The molecule has 0 aromatic heterocycles. The van der Waals surface area contributed by atoms with Crippen LogP contribution in [0.3, 0.4) is 0 Å². The van der Waals surface area contributed by atoms with Gasteiger partial charge in [0.15, 0.2) is 0 Å². The van der Waals surface area contributed by atoms with Gasteiger partial charge in [0.1, 0.15) is 0 Å². The fraction of sp³-hybridized carbons (Fsp3) is 0.400. The van der Waals surface area contributed by atoms with Crippen molar-refractivity contribution in [2.24, 2.45) is 11.5 Å². The molecule has 0 aliphatic carbocycles. The molecule has 1 rings (SSSR count). The molecule has 2 nitrogen and oxygen atoms in total. The zero-order valence-electron chi connectivity index (χ0n) is 8.25. The van der Waals surface area contributed by atoms with E-state index in [-0.39, 0.29) is 18.4 Å². The maximum Gasteiger partial charge on any atom is 0.0468 e. The van der Waals surface area contributed by atoms with Crippen molar-refractivity contribution in [3.63, 3.8) is 0 Å². The lowest BCUT2D eigenvalue weighted by Crippen LogP contribution is -2.12. The minimum absolute atomic E-state index is 0. The Morgan fingerprint density at radius 1 is 1.27 bits per heavy atom. The van der Waals surface area contributed by atoms with Crippen molar-refractivity contribution in [2.45, 2.75) is 18.9 Å². The Kier molecular flexibility index (Phi) is 7.32. The first-order chi connectivity index (χ1) is 6.65. The molecular weight excluding hydrogens is 254 g/mol. The minimum Gasteiger partial charge on any atom is -0.330 e. The lowest BCUT2D eigenvalue weighted by molar-refractivity contribution is 0.618. The van der Waals surface area contributed by atoms with Gasteiger partial charge in [-0.3, -0.25) is 0 Å². The highest BCUT2D eigenvalue weighted by atomic mass is 35.5. The average Bonchev–Trinajstić information content (AvgIpc) is 2.14. The molecule has 0 amide bonds. The predicted octanol–water partition coefficient (Wildman–Crippen LogP) is 3.15. The lowest BCUT2D eigenvalue weighted by atomic mass is 10.0. The molecule has 86 valence electrons. The largest absolute Gasteiger partial charge is 0.330 e. The summed E-state index contributed by atoms with van der Waals surface area (Å²) in [5.74, 6) is 0. The van der Waals surface area contributed by atoms with Crippen LogP contribution < -0.4 is 11.5 Å². The topological polar surface area (TPSA) is 52.0 Å². The van der Waals surface area contributed by atoms with Crippen molar-refractivity contribution in [1.82, 2.24) is 0 Å². The van der Waals surface area contributed by atoms with Crippen molar-refractivity contribution in [1.29, 1.82) is 0 Å². The fourth-order valence-electron chi connectivity index (χ4n) is 1.30. The molecule has 0 aliphatic heterocycles. The first-order valence-corrected chi connectivity index (χ1v) is 5.31. The van der Waals surface area contributed by atoms with Gasteiger partial charge in [-0.2, -0.15) is 0 Å². The molecule has 5 heteroatoms. The van der Waals surface area contributed by atoms with Crippen molar-refractivity contribution >= 4 is 35.6 Å². The quantitative estimate of drug-likeness (QED) is 0.882. The van der Waals surface area contributed by atoms with E-state index in [1.54, 1.807) is 12.1 Å². The second kappa shape index (κ2) is 7.31. The summed E-state index contributed by atoms with van der Waals surface area (Å²) in [5, 5.41) is 1.26. The summed E-state index contributed by atoms with van der Waals surface area (Å²) in [4.78, 5) is 0. The highest BCUT2D eigenvalue weighted by molar-refractivity contribution is 6.35. The number of hydrogen-bond donors (Lipinski definition) is 2. The van der Waals surface area contributed by atoms with Gasteiger partial charge in [0.05, 0.1) is 0 Å². The van der Waals surface area contributed by atoms with Crippen molar-refractivity contribution < 1.29 is 0 Å². The third-order valence-electron chi connectivity index (χ3n) is 2.08. The molecule has 0 bridgehead atoms. The number of hydrogen-bond acceptors (Lipinski definition) is 2. The number of rotatable bonds is 4. The van der Waals surface area contributed by atoms with Crippen LogP contribution in [0.4, 0.5) is 0 Å². The van der Waals surface area contributed by atoms with Gasteiger partial charge < -0.3 is 11.5 Å². The Hall–Kier alpha value is 0.01000. The first kappa shape index (κ1) is 15.0. The van der Waals surface area contributed by atoms with Crippen LogP contribution in [0.15, 0.2) is 18.2 Å². The van der Waals surface area contributed by atoms with Crippen molar-refractivity contribution in [2.75, 3.05) is 6.54 Å². The zero-order chi connectivity index (χ0) is 10.6. The molecule has 4 N–H and O–H groups in total. The van der Waals surface area contributed by atoms with Crippen LogP contribution in [-0.4, -0.2) is 6.54 Å². The van der Waals surface area contributed by atoms with Crippen LogP contribution in [0, 0.1) is 0 Å². The monoisotopic (exact) mass is 268 g/mol. The summed E-state index contributed by atoms with van der Waals surface area (Å²) >= 11 is 11.8. The van der Waals surface area contributed by atoms with E-state index in [4.69, 9.17) is 34.7 Å². The molecule has 0 radical (unpaired) electrons. The highest BCUT2D eigenvalue weighted by Crippen LogP contribution is 2.27. The molecular formula is C10H15Cl3N2. The summed E-state index contributed by atoms with van der Waals surface area (Å²) in [6.07, 6.45) is 1.75. The van der Waals surface area contributed by atoms with Gasteiger partial charge in [-0.25, -0.2) is 0 Å². The Morgan fingerprint density at radius 3 is 2.47 bits per heavy atom. The van der Waals surface area contributed by atoms with E-state index < -0.39 is 0 Å². The normalized spacial score (nSPS) is 12.0. The smallest absolute Gasteiger partial charge is 0.0468 e. The van der Waals surface area contributed by atoms with Crippen LogP contribution in [0.25, 0.3) is 0 Å². The van der Waals surface area contributed by atoms with Crippen molar-refractivity contribution in [3.8, 4) is 0 Å². The Bertz CT molecular complexity index is 305. The molecule has 0 heterocycles. The molecule has 15 heavy (non-hydrogen) atoms. The van der Waals surface area contributed by atoms with Crippen LogP contribution in [0.5, 0.6) is 0 Å². The van der Waals surface area contributed by atoms with Crippen LogP contribution in [-0.2, 0) is 0 Å². The maximum atomic E-state index is 6.01. The lowest BCUT2D eigenvalue weighted by Gasteiger charge is -2.13. The molecule has 1 aromatic rings. The molecule has 0 aliphatic rings. The Balaban J connectivity index is 0.00000196. The van der Waals surface area contributed by atoms with Gasteiger partial charge in [0.2, 0.25) is 0 Å². The van der Waals surface area contributed by atoms with Crippen LogP contribution >= 0.6 is 35.6 Å². The molecule has 0 saturated heterocycles. The van der Waals surface area contributed by atoms with Crippen LogP contribution in [0.2, 0.25) is 10.0 Å². The summed E-state index contributed by atoms with van der Waals surface area (Å²) in [6.45, 7) is 0.652. The summed E-state index contributed by atoms with van der Waals surface area (Å²) < 4.78 is 0. The Labute approximate surface area is 106 Å². The second-order valence-electron chi connectivity index (χ2n) is 3.20. The third-order valence-corrected chi connectivity index (χ3v) is 2.64. The van der Waals surface area contributed by atoms with Gasteiger partial charge >= 0.3 is 0 Å². The molecule has 1 aromatic carbocycles. The zero-order valence-corrected chi connectivity index (χ0v) is 10.6. The van der Waals surface area contributed by atoms with Gasteiger partial charge in [-0.15, -0.1) is 12.4 Å². The molecule has 0 unspecified atom stereocenters. The molecule has 0 fully saturated rings. The average molecular weight is 270 g/mol. The number of halogens is 3. The third kappa shape index (κ3) is 4.58. The van der Waals surface area contributed by atoms with Gasteiger partial charge in [0, 0.05) is 16.1 Å². The van der Waals surface area contributed by atoms with Gasteiger partial charge in [-0.05, 0) is 37.1 Å². The minimum atomic E-state index is -0.0525. The van der Waals surface area contributed by atoms with Crippen LogP contribution in [0.1, 0.15) is 24.4 Å². The maximum absolute atomic E-state index is 6.01. The van der Waals surface area contributed by atoms with E-state index in [2.05, 4.69) is 0 Å². The van der Waals surface area contributed by atoms with Crippen molar-refractivity contribution in [3.05, 3.63) is 33.8 Å². The van der Waals surface area contributed by atoms with E-state index in [0.29, 0.717) is 16.6 Å². The molecule has 1 atom stereocenters. The van der Waals surface area contributed by atoms with E-state index in [9.17, 15) is 0 Å². The van der Waals surface area contributed by atoms with Gasteiger partial charge in [0.25, 0.3) is 0 Å². The summed E-state index contributed by atoms with van der Waals surface area (Å²) in [6, 6.07) is 5.32. The Morgan fingerprint density at radius 2 is 1.93 bits per heavy atom. The number of benzene rings is 1.